The Labute approximate surface area is 90.4 Å². The van der Waals surface area contributed by atoms with Crippen LogP contribution >= 0.6 is 15.9 Å². The molecule has 1 aromatic rings. The van der Waals surface area contributed by atoms with Crippen LogP contribution in [0.25, 0.3) is 0 Å². The van der Waals surface area contributed by atoms with Crippen molar-refractivity contribution in [3.63, 3.8) is 0 Å². The summed E-state index contributed by atoms with van der Waals surface area (Å²) in [4.78, 5) is 10.6. The molecule has 0 spiro atoms. The number of hydrogen-bond acceptors (Lipinski definition) is 2. The summed E-state index contributed by atoms with van der Waals surface area (Å²) >= 11 is 3.47. The molecule has 0 bridgehead atoms. The maximum absolute atomic E-state index is 10.6. The lowest BCUT2D eigenvalue weighted by Gasteiger charge is -2.11. The fourth-order valence-electron chi connectivity index (χ4n) is 1.83. The molecule has 0 aliphatic heterocycles. The van der Waals surface area contributed by atoms with Crippen molar-refractivity contribution in [1.29, 1.82) is 0 Å². The lowest BCUT2D eigenvalue weighted by Crippen LogP contribution is -2.15. The van der Waals surface area contributed by atoms with E-state index in [2.05, 4.69) is 15.9 Å². The minimum Gasteiger partial charge on any atom is -0.441 e. The van der Waals surface area contributed by atoms with Crippen molar-refractivity contribution < 1.29 is 9.53 Å². The third kappa shape index (κ3) is 1.62. The standard InChI is InChI=1S/C10H10BrNO2/c11-8-3-1-2-7-6(8)4-5-9(7)14-10(12)13/h1-3,9H,4-5H2,(H2,12,13). The number of halogens is 1. The highest BCUT2D eigenvalue weighted by Gasteiger charge is 2.26. The SMILES string of the molecule is NC(=O)OC1CCc2c(Br)cccc21. The van der Waals surface area contributed by atoms with E-state index in [1.165, 1.54) is 5.56 Å². The average Bonchev–Trinajstić information content (AvgIpc) is 2.49. The van der Waals surface area contributed by atoms with Gasteiger partial charge in [0.1, 0.15) is 6.10 Å². The Bertz CT molecular complexity index is 378. The Balaban J connectivity index is 2.30. The number of rotatable bonds is 1. The minimum atomic E-state index is -0.706. The summed E-state index contributed by atoms with van der Waals surface area (Å²) in [5.74, 6) is 0. The van der Waals surface area contributed by atoms with Gasteiger partial charge in [-0.2, -0.15) is 0 Å². The molecule has 0 saturated carbocycles. The topological polar surface area (TPSA) is 52.3 Å². The predicted octanol–water partition coefficient (Wildman–Crippen LogP) is 2.53. The number of benzene rings is 1. The average molecular weight is 256 g/mol. The number of amides is 1. The summed E-state index contributed by atoms with van der Waals surface area (Å²) in [6, 6.07) is 5.90. The van der Waals surface area contributed by atoms with E-state index in [1.54, 1.807) is 0 Å². The van der Waals surface area contributed by atoms with Gasteiger partial charge in [-0.25, -0.2) is 4.79 Å². The molecule has 0 heterocycles. The van der Waals surface area contributed by atoms with Gasteiger partial charge in [-0.1, -0.05) is 28.1 Å². The van der Waals surface area contributed by atoms with Crippen molar-refractivity contribution in [3.8, 4) is 0 Å². The number of fused-ring (bicyclic) bond motifs is 1. The van der Waals surface area contributed by atoms with Crippen molar-refractivity contribution in [2.24, 2.45) is 5.73 Å². The molecule has 14 heavy (non-hydrogen) atoms. The molecule has 2 rings (SSSR count). The quantitative estimate of drug-likeness (QED) is 0.839. The summed E-state index contributed by atoms with van der Waals surface area (Å²) in [5.41, 5.74) is 7.28. The highest BCUT2D eigenvalue weighted by Crippen LogP contribution is 2.37. The van der Waals surface area contributed by atoms with E-state index in [1.807, 2.05) is 18.2 Å². The minimum absolute atomic E-state index is 0.167. The van der Waals surface area contributed by atoms with Gasteiger partial charge in [-0.05, 0) is 30.0 Å². The molecule has 1 amide bonds. The lowest BCUT2D eigenvalue weighted by molar-refractivity contribution is 0.107. The van der Waals surface area contributed by atoms with Crippen molar-refractivity contribution in [3.05, 3.63) is 33.8 Å². The molecular formula is C10H10BrNO2. The zero-order valence-electron chi connectivity index (χ0n) is 7.50. The monoisotopic (exact) mass is 255 g/mol. The van der Waals surface area contributed by atoms with Crippen LogP contribution in [-0.2, 0) is 11.2 Å². The third-order valence-electron chi connectivity index (χ3n) is 2.42. The Morgan fingerprint density at radius 2 is 2.36 bits per heavy atom. The highest BCUT2D eigenvalue weighted by atomic mass is 79.9. The third-order valence-corrected chi connectivity index (χ3v) is 3.16. The van der Waals surface area contributed by atoms with Crippen LogP contribution in [0.1, 0.15) is 23.7 Å². The molecule has 3 nitrogen and oxygen atoms in total. The number of hydrogen-bond donors (Lipinski definition) is 1. The second kappa shape index (κ2) is 3.61. The van der Waals surface area contributed by atoms with E-state index >= 15 is 0 Å². The largest absolute Gasteiger partial charge is 0.441 e. The fourth-order valence-corrected chi connectivity index (χ4v) is 2.41. The van der Waals surface area contributed by atoms with Gasteiger partial charge in [0.15, 0.2) is 0 Å². The second-order valence-electron chi connectivity index (χ2n) is 3.27. The van der Waals surface area contributed by atoms with E-state index in [4.69, 9.17) is 10.5 Å². The summed E-state index contributed by atoms with van der Waals surface area (Å²) in [5, 5.41) is 0. The van der Waals surface area contributed by atoms with Gasteiger partial charge < -0.3 is 10.5 Å². The van der Waals surface area contributed by atoms with Crippen LogP contribution in [0.2, 0.25) is 0 Å². The number of carbonyl (C=O) groups is 1. The first-order chi connectivity index (χ1) is 6.68. The van der Waals surface area contributed by atoms with Crippen LogP contribution in [0.5, 0.6) is 0 Å². The zero-order valence-corrected chi connectivity index (χ0v) is 9.08. The molecule has 0 aromatic heterocycles. The summed E-state index contributed by atoms with van der Waals surface area (Å²) in [6.07, 6.45) is 0.873. The van der Waals surface area contributed by atoms with Crippen LogP contribution in [-0.4, -0.2) is 6.09 Å². The molecular weight excluding hydrogens is 246 g/mol. The molecule has 1 aliphatic carbocycles. The highest BCUT2D eigenvalue weighted by molar-refractivity contribution is 9.10. The van der Waals surface area contributed by atoms with Gasteiger partial charge >= 0.3 is 6.09 Å². The molecule has 1 atom stereocenters. The van der Waals surface area contributed by atoms with Crippen LogP contribution in [0.15, 0.2) is 22.7 Å². The zero-order chi connectivity index (χ0) is 10.1. The molecule has 1 unspecified atom stereocenters. The molecule has 0 saturated heterocycles. The number of carbonyl (C=O) groups excluding carboxylic acids is 1. The van der Waals surface area contributed by atoms with Crippen molar-refractivity contribution in [1.82, 2.24) is 0 Å². The Morgan fingerprint density at radius 1 is 1.57 bits per heavy atom. The van der Waals surface area contributed by atoms with E-state index < -0.39 is 6.09 Å². The Kier molecular flexibility index (Phi) is 2.46. The Morgan fingerprint density at radius 3 is 3.07 bits per heavy atom. The number of nitrogens with two attached hydrogens (primary N) is 1. The molecule has 0 radical (unpaired) electrons. The Hall–Kier alpha value is -1.03. The normalized spacial score (nSPS) is 19.1. The van der Waals surface area contributed by atoms with Crippen molar-refractivity contribution in [2.45, 2.75) is 18.9 Å². The van der Waals surface area contributed by atoms with Gasteiger partial charge in [-0.3, -0.25) is 0 Å². The maximum atomic E-state index is 10.6. The number of primary amides is 1. The van der Waals surface area contributed by atoms with Crippen molar-refractivity contribution >= 4 is 22.0 Å². The molecule has 1 aromatic carbocycles. The molecule has 0 fully saturated rings. The first-order valence-electron chi connectivity index (χ1n) is 4.42. The summed E-state index contributed by atoms with van der Waals surface area (Å²) in [7, 11) is 0. The smallest absolute Gasteiger partial charge is 0.405 e. The number of ether oxygens (including phenoxy) is 1. The predicted molar refractivity (Wildman–Crippen MR) is 55.9 cm³/mol. The van der Waals surface area contributed by atoms with Gasteiger partial charge in [0.25, 0.3) is 0 Å². The summed E-state index contributed by atoms with van der Waals surface area (Å²) < 4.78 is 6.09. The van der Waals surface area contributed by atoms with Gasteiger partial charge in [0.05, 0.1) is 0 Å². The van der Waals surface area contributed by atoms with Gasteiger partial charge in [-0.15, -0.1) is 0 Å². The van der Waals surface area contributed by atoms with E-state index in [0.717, 1.165) is 22.9 Å². The van der Waals surface area contributed by atoms with E-state index in [0.29, 0.717) is 0 Å². The molecule has 4 heteroatoms. The van der Waals surface area contributed by atoms with Crippen molar-refractivity contribution in [2.75, 3.05) is 0 Å². The second-order valence-corrected chi connectivity index (χ2v) is 4.13. The van der Waals surface area contributed by atoms with Crippen LogP contribution < -0.4 is 5.73 Å². The molecule has 2 N–H and O–H groups in total. The lowest BCUT2D eigenvalue weighted by atomic mass is 10.1. The molecule has 1 aliphatic rings. The van der Waals surface area contributed by atoms with Crippen LogP contribution in [0, 0.1) is 0 Å². The fraction of sp³-hybridized carbons (Fsp3) is 0.300. The first-order valence-corrected chi connectivity index (χ1v) is 5.21. The summed E-state index contributed by atoms with van der Waals surface area (Å²) in [6.45, 7) is 0. The first kappa shape index (κ1) is 9.52. The van der Waals surface area contributed by atoms with Crippen LogP contribution in [0.4, 0.5) is 4.79 Å². The van der Waals surface area contributed by atoms with E-state index in [-0.39, 0.29) is 6.10 Å². The van der Waals surface area contributed by atoms with Gasteiger partial charge in [0.2, 0.25) is 0 Å². The molecule has 74 valence electrons. The maximum Gasteiger partial charge on any atom is 0.405 e. The van der Waals surface area contributed by atoms with E-state index in [9.17, 15) is 4.79 Å². The van der Waals surface area contributed by atoms with Gasteiger partial charge in [0, 0.05) is 4.47 Å². The van der Waals surface area contributed by atoms with Crippen LogP contribution in [0.3, 0.4) is 0 Å².